The molecule has 1 heterocycles. The van der Waals surface area contributed by atoms with E-state index < -0.39 is 35.4 Å². The molecule has 0 N–H and O–H groups in total. The van der Waals surface area contributed by atoms with Gasteiger partial charge in [0.15, 0.2) is 0 Å². The number of alkyl halides is 6. The van der Waals surface area contributed by atoms with Gasteiger partial charge < -0.3 is 4.74 Å². The SMILES string of the molecule is O=C1N=c2ccc(C(F)(F)F)c(-c3ccc(OC(F)(F)F)cc3)c2=N1. The fraction of sp³-hybridized carbons (Fsp3) is 0.133. The lowest BCUT2D eigenvalue weighted by molar-refractivity contribution is -0.274. The van der Waals surface area contributed by atoms with E-state index in [0.717, 1.165) is 36.4 Å². The molecule has 0 radical (unpaired) electrons. The van der Waals surface area contributed by atoms with Crippen LogP contribution in [0.3, 0.4) is 0 Å². The third-order valence-electron chi connectivity index (χ3n) is 3.26. The lowest BCUT2D eigenvalue weighted by Crippen LogP contribution is -2.27. The molecule has 0 fully saturated rings. The van der Waals surface area contributed by atoms with Crippen LogP contribution in [0, 0.1) is 0 Å². The average Bonchev–Trinajstić information content (AvgIpc) is 2.84. The number of carbonyl (C=O) groups excluding carboxylic acids is 1. The Hall–Kier alpha value is -2.91. The van der Waals surface area contributed by atoms with Crippen molar-refractivity contribution < 1.29 is 35.9 Å². The maximum absolute atomic E-state index is 13.3. The van der Waals surface area contributed by atoms with Gasteiger partial charge in [-0.15, -0.1) is 13.2 Å². The summed E-state index contributed by atoms with van der Waals surface area (Å²) in [5.74, 6) is -0.588. The lowest BCUT2D eigenvalue weighted by Gasteiger charge is -2.13. The summed E-state index contributed by atoms with van der Waals surface area (Å²) in [6.45, 7) is 0. The van der Waals surface area contributed by atoms with Gasteiger partial charge in [-0.3, -0.25) is 0 Å². The Kier molecular flexibility index (Phi) is 3.77. The third-order valence-corrected chi connectivity index (χ3v) is 3.26. The van der Waals surface area contributed by atoms with Gasteiger partial charge in [0, 0.05) is 5.56 Å². The number of fused-ring (bicyclic) bond motifs is 1. The first kappa shape index (κ1) is 16.9. The summed E-state index contributed by atoms with van der Waals surface area (Å²) < 4.78 is 80.0. The Morgan fingerprint density at radius 2 is 1.48 bits per heavy atom. The zero-order valence-corrected chi connectivity index (χ0v) is 11.9. The van der Waals surface area contributed by atoms with Crippen molar-refractivity contribution in [3.8, 4) is 16.9 Å². The van der Waals surface area contributed by atoms with Crippen molar-refractivity contribution >= 4 is 6.03 Å². The normalized spacial score (nSPS) is 13.9. The first-order chi connectivity index (χ1) is 11.5. The summed E-state index contributed by atoms with van der Waals surface area (Å²) in [6.07, 6.45) is -9.68. The highest BCUT2D eigenvalue weighted by Gasteiger charge is 2.35. The van der Waals surface area contributed by atoms with Crippen molar-refractivity contribution in [1.82, 2.24) is 0 Å². The molecule has 10 heteroatoms. The van der Waals surface area contributed by atoms with Gasteiger partial charge in [0.1, 0.15) is 11.1 Å². The third kappa shape index (κ3) is 3.47. The number of halogens is 6. The number of hydrogen-bond donors (Lipinski definition) is 0. The summed E-state index contributed by atoms with van der Waals surface area (Å²) in [7, 11) is 0. The van der Waals surface area contributed by atoms with Gasteiger partial charge in [0.25, 0.3) is 0 Å². The number of benzene rings is 2. The number of carbonyl (C=O) groups is 1. The highest BCUT2D eigenvalue weighted by Crippen LogP contribution is 2.35. The lowest BCUT2D eigenvalue weighted by atomic mass is 9.98. The number of rotatable bonds is 2. The van der Waals surface area contributed by atoms with Crippen LogP contribution in [0.25, 0.3) is 11.1 Å². The summed E-state index contributed by atoms with van der Waals surface area (Å²) in [5.41, 5.74) is -1.59. The van der Waals surface area contributed by atoms with E-state index >= 15 is 0 Å². The van der Waals surface area contributed by atoms with Crippen LogP contribution in [0.4, 0.5) is 31.1 Å². The minimum Gasteiger partial charge on any atom is -0.406 e. The second kappa shape index (κ2) is 5.57. The van der Waals surface area contributed by atoms with Crippen LogP contribution in [0.1, 0.15) is 5.56 Å². The minimum absolute atomic E-state index is 0.0383. The van der Waals surface area contributed by atoms with Crippen molar-refractivity contribution in [2.75, 3.05) is 0 Å². The maximum atomic E-state index is 13.3. The Balaban J connectivity index is 2.18. The first-order valence-corrected chi connectivity index (χ1v) is 6.62. The van der Waals surface area contributed by atoms with E-state index in [-0.39, 0.29) is 16.3 Å². The standard InChI is InChI=1S/C15H6F6N2O2/c16-14(17,18)9-5-6-10-12(23-13(24)22-10)11(9)7-1-3-8(4-2-7)25-15(19,20)21/h1-6H. The van der Waals surface area contributed by atoms with Crippen molar-refractivity contribution in [3.05, 3.63) is 52.7 Å². The van der Waals surface area contributed by atoms with Gasteiger partial charge in [-0.1, -0.05) is 12.1 Å². The van der Waals surface area contributed by atoms with Gasteiger partial charge in [-0.25, -0.2) is 4.79 Å². The fourth-order valence-corrected chi connectivity index (χ4v) is 2.36. The van der Waals surface area contributed by atoms with E-state index in [0.29, 0.717) is 0 Å². The summed E-state index contributed by atoms with van der Waals surface area (Å²) in [5, 5.41) is -0.312. The Morgan fingerprint density at radius 3 is 2.04 bits per heavy atom. The molecule has 0 spiro atoms. The zero-order chi connectivity index (χ0) is 18.4. The molecule has 0 saturated carbocycles. The smallest absolute Gasteiger partial charge is 0.406 e. The molecule has 0 atom stereocenters. The van der Waals surface area contributed by atoms with Crippen LogP contribution in [-0.4, -0.2) is 12.4 Å². The van der Waals surface area contributed by atoms with Crippen LogP contribution >= 0.6 is 0 Å². The van der Waals surface area contributed by atoms with Gasteiger partial charge in [0.05, 0.1) is 10.9 Å². The highest BCUT2D eigenvalue weighted by molar-refractivity contribution is 5.80. The van der Waals surface area contributed by atoms with E-state index in [4.69, 9.17) is 0 Å². The monoisotopic (exact) mass is 360 g/mol. The van der Waals surface area contributed by atoms with Crippen LogP contribution < -0.4 is 15.5 Å². The predicted molar refractivity (Wildman–Crippen MR) is 71.3 cm³/mol. The van der Waals surface area contributed by atoms with Crippen molar-refractivity contribution in [2.45, 2.75) is 12.5 Å². The van der Waals surface area contributed by atoms with Crippen LogP contribution in [-0.2, 0) is 6.18 Å². The van der Waals surface area contributed by atoms with Crippen LogP contribution in [0.5, 0.6) is 5.75 Å². The maximum Gasteiger partial charge on any atom is 0.573 e. The van der Waals surface area contributed by atoms with Crippen LogP contribution in [0.2, 0.25) is 0 Å². The summed E-state index contributed by atoms with van der Waals surface area (Å²) in [6, 6.07) is 4.58. The molecule has 2 amide bonds. The molecule has 2 aromatic carbocycles. The molecule has 2 aromatic rings. The minimum atomic E-state index is -4.92. The zero-order valence-electron chi connectivity index (χ0n) is 11.9. The molecule has 4 nitrogen and oxygen atoms in total. The van der Waals surface area contributed by atoms with E-state index in [1.165, 1.54) is 0 Å². The molecule has 0 aromatic heterocycles. The predicted octanol–water partition coefficient (Wildman–Crippen LogP) is 3.64. The van der Waals surface area contributed by atoms with E-state index in [9.17, 15) is 31.1 Å². The fourth-order valence-electron chi connectivity index (χ4n) is 2.36. The molecule has 0 bridgehead atoms. The quantitative estimate of drug-likeness (QED) is 0.768. The average molecular weight is 360 g/mol. The van der Waals surface area contributed by atoms with Gasteiger partial charge in [0.2, 0.25) is 0 Å². The molecule has 0 unspecified atom stereocenters. The Labute approximate surface area is 135 Å². The number of nitrogens with zero attached hydrogens (tertiary/aromatic N) is 2. The molecule has 130 valence electrons. The van der Waals surface area contributed by atoms with Gasteiger partial charge in [-0.2, -0.15) is 23.2 Å². The van der Waals surface area contributed by atoms with Gasteiger partial charge in [-0.05, 0) is 29.8 Å². The second-order valence-electron chi connectivity index (χ2n) is 4.93. The van der Waals surface area contributed by atoms with E-state index in [1.807, 2.05) is 0 Å². The largest absolute Gasteiger partial charge is 0.573 e. The molecular formula is C15H6F6N2O2. The summed E-state index contributed by atoms with van der Waals surface area (Å²) in [4.78, 5) is 18.2. The molecule has 3 rings (SSSR count). The molecule has 25 heavy (non-hydrogen) atoms. The Bertz CT molecular complexity index is 962. The van der Waals surface area contributed by atoms with E-state index in [1.54, 1.807) is 0 Å². The topological polar surface area (TPSA) is 51.0 Å². The summed E-state index contributed by atoms with van der Waals surface area (Å²) >= 11 is 0. The van der Waals surface area contributed by atoms with Crippen molar-refractivity contribution in [3.63, 3.8) is 0 Å². The van der Waals surface area contributed by atoms with E-state index in [2.05, 4.69) is 14.7 Å². The van der Waals surface area contributed by atoms with Gasteiger partial charge >= 0.3 is 18.6 Å². The van der Waals surface area contributed by atoms with Crippen LogP contribution in [0.15, 0.2) is 46.4 Å². The second-order valence-corrected chi connectivity index (χ2v) is 4.93. The number of hydrogen-bond acceptors (Lipinski definition) is 2. The van der Waals surface area contributed by atoms with Crippen molar-refractivity contribution in [2.24, 2.45) is 9.98 Å². The molecule has 1 aliphatic heterocycles. The molecule has 0 aliphatic carbocycles. The highest BCUT2D eigenvalue weighted by atomic mass is 19.4. The molecule has 0 saturated heterocycles. The number of amides is 2. The Morgan fingerprint density at radius 1 is 0.840 bits per heavy atom. The number of ether oxygens (including phenoxy) is 1. The molecule has 1 aliphatic rings. The molecular weight excluding hydrogens is 354 g/mol. The first-order valence-electron chi connectivity index (χ1n) is 6.62. The number of urea groups is 1. The van der Waals surface area contributed by atoms with Crippen molar-refractivity contribution in [1.29, 1.82) is 0 Å².